The zero-order valence-electron chi connectivity index (χ0n) is 64.3. The normalized spacial score (nSPS) is 14.7. The maximum absolute atomic E-state index is 2.48. The molecule has 0 heterocycles. The highest BCUT2D eigenvalue weighted by atomic mass is 15.1. The van der Waals surface area contributed by atoms with Gasteiger partial charge >= 0.3 is 0 Å². The third kappa shape index (κ3) is 12.0. The van der Waals surface area contributed by atoms with E-state index in [4.69, 9.17) is 0 Å². The predicted octanol–water partition coefficient (Wildman–Crippen LogP) is 31.3. The van der Waals surface area contributed by atoms with Crippen LogP contribution in [0.1, 0.15) is 62.6 Å². The minimum Gasteiger partial charge on any atom is -0.311 e. The molecule has 0 aromatic heterocycles. The lowest BCUT2D eigenvalue weighted by Gasteiger charge is -2.45. The summed E-state index contributed by atoms with van der Waals surface area (Å²) >= 11 is 0. The maximum atomic E-state index is 2.48. The first kappa shape index (κ1) is 69.2. The number of allylic oxidation sites excluding steroid dienone is 5. The Hall–Kier alpha value is -14.8. The Morgan fingerprint density at radius 2 is 0.552 bits per heavy atom. The number of hydrogen-bond donors (Lipinski definition) is 0. The Morgan fingerprint density at radius 1 is 0.241 bits per heavy atom. The highest BCUT2D eigenvalue weighted by Crippen LogP contribution is 2.56. The van der Waals surface area contributed by atoms with E-state index >= 15 is 0 Å². The lowest BCUT2D eigenvalue weighted by atomic mass is 9.57. The molecule has 544 valence electrons. The van der Waals surface area contributed by atoms with Crippen LogP contribution in [0.15, 0.2) is 424 Å². The predicted molar refractivity (Wildman–Crippen MR) is 499 cm³/mol. The van der Waals surface area contributed by atoms with E-state index in [2.05, 4.69) is 467 Å². The van der Waals surface area contributed by atoms with Gasteiger partial charge in [0.25, 0.3) is 0 Å². The van der Waals surface area contributed by atoms with Crippen molar-refractivity contribution >= 4 is 134 Å². The van der Waals surface area contributed by atoms with E-state index in [-0.39, 0.29) is 5.92 Å². The zero-order valence-corrected chi connectivity index (χ0v) is 64.3. The molecule has 19 aromatic carbocycles. The number of fused-ring (bicyclic) bond motifs is 9. The van der Waals surface area contributed by atoms with Crippen LogP contribution in [-0.2, 0) is 5.41 Å². The van der Waals surface area contributed by atoms with Crippen LogP contribution in [0.4, 0.5) is 17.1 Å². The van der Waals surface area contributed by atoms with Crippen LogP contribution in [0.2, 0.25) is 0 Å². The first-order chi connectivity index (χ1) is 57.5. The van der Waals surface area contributed by atoms with E-state index < -0.39 is 5.41 Å². The van der Waals surface area contributed by atoms with E-state index in [1.807, 2.05) is 0 Å². The Bertz CT molecular complexity index is 6870. The zero-order chi connectivity index (χ0) is 77.0. The fourth-order valence-electron chi connectivity index (χ4n) is 19.1. The molecule has 0 amide bonds. The number of rotatable bonds is 15. The summed E-state index contributed by atoms with van der Waals surface area (Å²) in [4.78, 5) is 2.46. The first-order valence-corrected chi connectivity index (χ1v) is 40.4. The molecule has 19 aromatic rings. The average molecular weight is 1470 g/mol. The molecule has 0 bridgehead atoms. The van der Waals surface area contributed by atoms with Crippen LogP contribution >= 0.6 is 0 Å². The van der Waals surface area contributed by atoms with Gasteiger partial charge in [-0.1, -0.05) is 426 Å². The van der Waals surface area contributed by atoms with Gasteiger partial charge in [0.2, 0.25) is 0 Å². The van der Waals surface area contributed by atoms with E-state index in [0.29, 0.717) is 0 Å². The topological polar surface area (TPSA) is 3.24 Å². The fraction of sp³-hybridized carbons (Fsp3) is 0.0261. The molecule has 0 fully saturated rings. The van der Waals surface area contributed by atoms with Crippen LogP contribution in [0.25, 0.3) is 162 Å². The third-order valence-corrected chi connectivity index (χ3v) is 24.6. The van der Waals surface area contributed by atoms with E-state index in [1.54, 1.807) is 0 Å². The van der Waals surface area contributed by atoms with Crippen molar-refractivity contribution in [3.8, 4) is 44.5 Å². The summed E-state index contributed by atoms with van der Waals surface area (Å²) in [5.41, 5.74) is 27.2. The lowest BCUT2D eigenvalue weighted by molar-refractivity contribution is 0.463. The average Bonchev–Trinajstić information content (AvgIpc) is 0.717. The quantitative estimate of drug-likeness (QED) is 0.0730. The van der Waals surface area contributed by atoms with Gasteiger partial charge in [-0.15, -0.1) is 0 Å². The SMILES string of the molecule is CC1(c2ccc(N(c3ccc(-c4c5ccccc5c(-c5ccc(/C=C/c6ccccc6)c6ccccc56)c5ccccc45)cc3)c3ccc(-c4c5ccccc5c(-c5ccc(/C=C/c6ccccc6)c6ccccc56)c5ccccc45)cc3)cc2)c2ccccc2C(c2ccc(/C=C/c3ccccc3)c3ccccc23)=C2C=CC=CC21. The molecular formula is C115H79N. The summed E-state index contributed by atoms with van der Waals surface area (Å²) < 4.78 is 0. The number of nitrogens with zero attached hydrogens (tertiary/aromatic N) is 1. The maximum Gasteiger partial charge on any atom is 0.0462 e. The van der Waals surface area contributed by atoms with Gasteiger partial charge < -0.3 is 4.90 Å². The minimum absolute atomic E-state index is 0.0401. The van der Waals surface area contributed by atoms with Crippen molar-refractivity contribution in [3.05, 3.63) is 480 Å². The molecule has 0 saturated heterocycles. The van der Waals surface area contributed by atoms with Gasteiger partial charge in [0.15, 0.2) is 0 Å². The summed E-state index contributed by atoms with van der Waals surface area (Å²) in [6.07, 6.45) is 22.8. The minimum atomic E-state index is -0.438. The van der Waals surface area contributed by atoms with Crippen molar-refractivity contribution in [3.63, 3.8) is 0 Å². The summed E-state index contributed by atoms with van der Waals surface area (Å²) in [7, 11) is 0. The van der Waals surface area contributed by atoms with E-state index in [0.717, 1.165) is 28.2 Å². The monoisotopic (exact) mass is 1470 g/mol. The second-order valence-corrected chi connectivity index (χ2v) is 30.9. The number of hydrogen-bond acceptors (Lipinski definition) is 1. The van der Waals surface area contributed by atoms with E-state index in [9.17, 15) is 0 Å². The largest absolute Gasteiger partial charge is 0.311 e. The van der Waals surface area contributed by atoms with Crippen LogP contribution in [0, 0.1) is 5.92 Å². The molecule has 116 heavy (non-hydrogen) atoms. The standard InChI is InChI=1S/C115H79N/c1-115(108-51-27-25-49-106(108)114(107-50-26-28-52-109(107)115)105-76-65-82(91-37-13-16-40-94(91)105)58-55-79-33-9-4-10-34-79)85-66-72-88(73-67-85)116(86-68-59-83(60-69-86)110-95-41-17-21-45-99(95)112(100-46-22-18-42-96(100)110)103-74-63-80(89-35-11-14-38-92(89)103)56-53-77-29-5-2-6-30-77)87-70-61-84(62-71-87)111-97-43-19-23-47-101(97)113(102-48-24-20-44-98(102)111)104-75-64-81(90-36-12-15-39-93(90)104)57-54-78-31-7-3-8-32-78/h2-76,108H,1H3/b56-53+,57-54+,58-55+. The van der Waals surface area contributed by atoms with Gasteiger partial charge in [0.1, 0.15) is 0 Å². The molecule has 2 atom stereocenters. The van der Waals surface area contributed by atoms with Crippen molar-refractivity contribution in [2.75, 3.05) is 4.90 Å². The van der Waals surface area contributed by atoms with Crippen molar-refractivity contribution in [2.45, 2.75) is 12.3 Å². The molecule has 0 aliphatic heterocycles. The van der Waals surface area contributed by atoms with Crippen molar-refractivity contribution in [1.82, 2.24) is 0 Å². The molecule has 1 nitrogen and oxygen atoms in total. The van der Waals surface area contributed by atoms with Gasteiger partial charge in [0.05, 0.1) is 0 Å². The summed E-state index contributed by atoms with van der Waals surface area (Å²) in [6.45, 7) is 2.48. The molecule has 2 aliphatic rings. The summed E-state index contributed by atoms with van der Waals surface area (Å²) in [5, 5.41) is 17.1. The first-order valence-electron chi connectivity index (χ1n) is 40.4. The Morgan fingerprint density at radius 3 is 0.940 bits per heavy atom. The van der Waals surface area contributed by atoms with Gasteiger partial charge in [-0.3, -0.25) is 0 Å². The van der Waals surface area contributed by atoms with Crippen molar-refractivity contribution < 1.29 is 0 Å². The molecule has 0 saturated carbocycles. The van der Waals surface area contributed by atoms with Crippen molar-refractivity contribution in [2.24, 2.45) is 5.92 Å². The molecule has 0 spiro atoms. The second kappa shape index (κ2) is 29.4. The van der Waals surface area contributed by atoms with Crippen LogP contribution < -0.4 is 4.90 Å². The van der Waals surface area contributed by atoms with E-state index in [1.165, 1.54) is 176 Å². The lowest BCUT2D eigenvalue weighted by Crippen LogP contribution is -2.38. The fourth-order valence-corrected chi connectivity index (χ4v) is 19.1. The Labute approximate surface area is 677 Å². The molecule has 2 aliphatic carbocycles. The summed E-state index contributed by atoms with van der Waals surface area (Å²) in [6, 6.07) is 146. The van der Waals surface area contributed by atoms with Crippen LogP contribution in [0.5, 0.6) is 0 Å². The number of benzene rings is 19. The molecule has 21 rings (SSSR count). The molecule has 0 N–H and O–H groups in total. The molecule has 0 radical (unpaired) electrons. The van der Waals surface area contributed by atoms with Gasteiger partial charge in [-0.25, -0.2) is 0 Å². The van der Waals surface area contributed by atoms with Crippen molar-refractivity contribution in [1.29, 1.82) is 0 Å². The Kier molecular flexibility index (Phi) is 17.5. The summed E-state index contributed by atoms with van der Waals surface area (Å²) in [5.74, 6) is 0.0401. The van der Waals surface area contributed by atoms with Gasteiger partial charge in [-0.2, -0.15) is 0 Å². The smallest absolute Gasteiger partial charge is 0.0462 e. The van der Waals surface area contributed by atoms with Crippen LogP contribution in [-0.4, -0.2) is 0 Å². The molecule has 1 heteroatoms. The number of anilines is 3. The van der Waals surface area contributed by atoms with Gasteiger partial charge in [-0.05, 0) is 223 Å². The highest BCUT2D eigenvalue weighted by Gasteiger charge is 2.45. The van der Waals surface area contributed by atoms with Crippen LogP contribution in [0.3, 0.4) is 0 Å². The second-order valence-electron chi connectivity index (χ2n) is 30.9. The Balaban J connectivity index is 0.694. The third-order valence-electron chi connectivity index (χ3n) is 24.6. The molecule has 2 unspecified atom stereocenters. The van der Waals surface area contributed by atoms with Gasteiger partial charge in [0, 0.05) is 28.4 Å². The molecular weight excluding hydrogens is 1400 g/mol. The highest BCUT2D eigenvalue weighted by molar-refractivity contribution is 6.26.